The number of carbonyl (C=O) groups excluding carboxylic acids is 1. The van der Waals surface area contributed by atoms with Crippen LogP contribution in [0.2, 0.25) is 0 Å². The summed E-state index contributed by atoms with van der Waals surface area (Å²) in [5, 5.41) is 2.49. The molecule has 0 atom stereocenters. The largest absolute Gasteiger partial charge is 0.355 e. The molecule has 0 aromatic heterocycles. The molecule has 0 bridgehead atoms. The van der Waals surface area contributed by atoms with Crippen molar-refractivity contribution < 1.29 is 13.2 Å². The third kappa shape index (κ3) is 4.84. The quantitative estimate of drug-likeness (QED) is 0.603. The van der Waals surface area contributed by atoms with E-state index in [2.05, 4.69) is 11.2 Å². The van der Waals surface area contributed by atoms with Gasteiger partial charge in [0.2, 0.25) is 15.9 Å². The Morgan fingerprint density at radius 2 is 2.14 bits per heavy atom. The monoisotopic (exact) mass is 218 g/mol. The maximum Gasteiger partial charge on any atom is 0.235 e. The summed E-state index contributed by atoms with van der Waals surface area (Å²) in [6.07, 6.45) is 6.01. The van der Waals surface area contributed by atoms with E-state index < -0.39 is 10.0 Å². The molecule has 0 radical (unpaired) electrons. The van der Waals surface area contributed by atoms with Crippen LogP contribution < -0.4 is 5.32 Å². The maximum atomic E-state index is 11.1. The van der Waals surface area contributed by atoms with Crippen molar-refractivity contribution in [3.05, 3.63) is 0 Å². The normalized spacial score (nSPS) is 11.0. The second kappa shape index (κ2) is 5.62. The van der Waals surface area contributed by atoms with Crippen LogP contribution in [0.4, 0.5) is 0 Å². The molecule has 5 nitrogen and oxygen atoms in total. The van der Waals surface area contributed by atoms with Gasteiger partial charge in [-0.05, 0) is 6.92 Å². The van der Waals surface area contributed by atoms with Gasteiger partial charge in [-0.25, -0.2) is 8.42 Å². The Labute approximate surface area is 84.5 Å². The van der Waals surface area contributed by atoms with Gasteiger partial charge in [0, 0.05) is 6.54 Å². The fraction of sp³-hybridized carbons (Fsp3) is 0.625. The van der Waals surface area contributed by atoms with Crippen LogP contribution in [0.1, 0.15) is 6.92 Å². The lowest BCUT2D eigenvalue weighted by atomic mass is 10.5. The standard InChI is InChI=1S/C8H14N2O3S/c1-4-6-10(14(3,12)13)7-8(11)9-5-2/h1H,5-7H2,2-3H3,(H,9,11). The minimum Gasteiger partial charge on any atom is -0.355 e. The predicted molar refractivity (Wildman–Crippen MR) is 53.9 cm³/mol. The van der Waals surface area contributed by atoms with E-state index in [0.29, 0.717) is 6.54 Å². The number of likely N-dealkylation sites (N-methyl/N-ethyl adjacent to an activating group) is 1. The first-order valence-electron chi connectivity index (χ1n) is 4.07. The fourth-order valence-corrected chi connectivity index (χ4v) is 1.47. The molecule has 0 unspecified atom stereocenters. The van der Waals surface area contributed by atoms with Crippen LogP contribution in [0.25, 0.3) is 0 Å². The predicted octanol–water partition coefficient (Wildman–Crippen LogP) is -0.983. The zero-order valence-electron chi connectivity index (χ0n) is 8.28. The molecule has 0 rings (SSSR count). The average molecular weight is 218 g/mol. The van der Waals surface area contributed by atoms with Gasteiger partial charge in [0.05, 0.1) is 19.3 Å². The SMILES string of the molecule is C#CCN(CC(=O)NCC)S(C)(=O)=O. The van der Waals surface area contributed by atoms with Gasteiger partial charge in [-0.1, -0.05) is 5.92 Å². The molecule has 0 aliphatic carbocycles. The molecule has 1 amide bonds. The second-order valence-corrected chi connectivity index (χ2v) is 4.67. The highest BCUT2D eigenvalue weighted by Gasteiger charge is 2.18. The topological polar surface area (TPSA) is 66.5 Å². The molecular formula is C8H14N2O3S. The van der Waals surface area contributed by atoms with Crippen molar-refractivity contribution in [3.63, 3.8) is 0 Å². The number of nitrogens with one attached hydrogen (secondary N) is 1. The van der Waals surface area contributed by atoms with Gasteiger partial charge in [0.25, 0.3) is 0 Å². The Morgan fingerprint density at radius 3 is 2.50 bits per heavy atom. The molecular weight excluding hydrogens is 204 g/mol. The summed E-state index contributed by atoms with van der Waals surface area (Å²) < 4.78 is 23.2. The Balaban J connectivity index is 4.41. The molecule has 0 aromatic rings. The van der Waals surface area contributed by atoms with Crippen molar-refractivity contribution in [2.45, 2.75) is 6.92 Å². The Bertz CT molecular complexity index is 329. The van der Waals surface area contributed by atoms with E-state index in [1.54, 1.807) is 6.92 Å². The van der Waals surface area contributed by atoms with Crippen molar-refractivity contribution in [2.75, 3.05) is 25.9 Å². The number of hydrogen-bond acceptors (Lipinski definition) is 3. The molecule has 0 aliphatic heterocycles. The van der Waals surface area contributed by atoms with E-state index in [4.69, 9.17) is 6.42 Å². The minimum atomic E-state index is -3.41. The van der Waals surface area contributed by atoms with E-state index in [-0.39, 0.29) is 19.0 Å². The van der Waals surface area contributed by atoms with Crippen LogP contribution in [0, 0.1) is 12.3 Å². The summed E-state index contributed by atoms with van der Waals surface area (Å²) in [6, 6.07) is 0. The first-order valence-corrected chi connectivity index (χ1v) is 5.92. The highest BCUT2D eigenvalue weighted by Crippen LogP contribution is 1.95. The Morgan fingerprint density at radius 1 is 1.57 bits per heavy atom. The number of sulfonamides is 1. The van der Waals surface area contributed by atoms with Crippen LogP contribution in [0.3, 0.4) is 0 Å². The third-order valence-electron chi connectivity index (χ3n) is 1.43. The number of nitrogens with zero attached hydrogens (tertiary/aromatic N) is 1. The lowest BCUT2D eigenvalue weighted by Gasteiger charge is -2.15. The lowest BCUT2D eigenvalue weighted by Crippen LogP contribution is -2.40. The first-order chi connectivity index (χ1) is 6.41. The summed E-state index contributed by atoms with van der Waals surface area (Å²) in [7, 11) is -3.41. The summed E-state index contributed by atoms with van der Waals surface area (Å²) in [4.78, 5) is 11.1. The van der Waals surface area contributed by atoms with Crippen molar-refractivity contribution in [1.82, 2.24) is 9.62 Å². The van der Waals surface area contributed by atoms with Crippen LogP contribution in [-0.4, -0.2) is 44.5 Å². The van der Waals surface area contributed by atoms with Gasteiger partial charge in [-0.2, -0.15) is 4.31 Å². The lowest BCUT2D eigenvalue weighted by molar-refractivity contribution is -0.121. The molecule has 1 N–H and O–H groups in total. The van der Waals surface area contributed by atoms with Gasteiger partial charge in [0.15, 0.2) is 0 Å². The number of carbonyl (C=O) groups is 1. The van der Waals surface area contributed by atoms with E-state index in [0.717, 1.165) is 10.6 Å². The zero-order valence-corrected chi connectivity index (χ0v) is 9.10. The Kier molecular flexibility index (Phi) is 5.20. The summed E-state index contributed by atoms with van der Waals surface area (Å²) in [6.45, 7) is 1.91. The summed E-state index contributed by atoms with van der Waals surface area (Å²) >= 11 is 0. The molecule has 0 saturated heterocycles. The van der Waals surface area contributed by atoms with Crippen molar-refractivity contribution in [1.29, 1.82) is 0 Å². The molecule has 80 valence electrons. The van der Waals surface area contributed by atoms with E-state index >= 15 is 0 Å². The van der Waals surface area contributed by atoms with Gasteiger partial charge in [-0.3, -0.25) is 4.79 Å². The second-order valence-electron chi connectivity index (χ2n) is 2.69. The zero-order chi connectivity index (χ0) is 11.2. The van der Waals surface area contributed by atoms with Crippen LogP contribution in [0.15, 0.2) is 0 Å². The van der Waals surface area contributed by atoms with Gasteiger partial charge >= 0.3 is 0 Å². The number of rotatable bonds is 5. The van der Waals surface area contributed by atoms with Crippen LogP contribution in [-0.2, 0) is 14.8 Å². The highest BCUT2D eigenvalue weighted by atomic mass is 32.2. The smallest absolute Gasteiger partial charge is 0.235 e. The maximum absolute atomic E-state index is 11.1. The molecule has 6 heteroatoms. The minimum absolute atomic E-state index is 0.0873. The first kappa shape index (κ1) is 12.9. The Hall–Kier alpha value is -1.06. The highest BCUT2D eigenvalue weighted by molar-refractivity contribution is 7.88. The van der Waals surface area contributed by atoms with Crippen molar-refractivity contribution in [2.24, 2.45) is 0 Å². The van der Waals surface area contributed by atoms with Crippen molar-refractivity contribution >= 4 is 15.9 Å². The number of terminal acetylenes is 1. The van der Waals surface area contributed by atoms with E-state index in [9.17, 15) is 13.2 Å². The molecule has 0 aromatic carbocycles. The van der Waals surface area contributed by atoms with E-state index in [1.165, 1.54) is 0 Å². The molecule has 0 saturated carbocycles. The number of amides is 1. The molecule has 0 aliphatic rings. The fourth-order valence-electron chi connectivity index (χ4n) is 0.805. The van der Waals surface area contributed by atoms with Gasteiger partial charge < -0.3 is 5.32 Å². The third-order valence-corrected chi connectivity index (χ3v) is 2.63. The van der Waals surface area contributed by atoms with Gasteiger partial charge in [0.1, 0.15) is 0 Å². The van der Waals surface area contributed by atoms with Crippen molar-refractivity contribution in [3.8, 4) is 12.3 Å². The molecule has 0 spiro atoms. The van der Waals surface area contributed by atoms with Gasteiger partial charge in [-0.15, -0.1) is 6.42 Å². The average Bonchev–Trinajstić information content (AvgIpc) is 2.02. The van der Waals surface area contributed by atoms with Crippen LogP contribution in [0.5, 0.6) is 0 Å². The van der Waals surface area contributed by atoms with Crippen LogP contribution >= 0.6 is 0 Å². The summed E-state index contributed by atoms with van der Waals surface area (Å²) in [5.41, 5.74) is 0. The molecule has 0 heterocycles. The molecule has 14 heavy (non-hydrogen) atoms. The number of hydrogen-bond donors (Lipinski definition) is 1. The van der Waals surface area contributed by atoms with E-state index in [1.807, 2.05) is 0 Å². The summed E-state index contributed by atoms with van der Waals surface area (Å²) in [5.74, 6) is 1.84. The molecule has 0 fully saturated rings.